The number of hydrogen-bond acceptors (Lipinski definition) is 2. The Labute approximate surface area is 119 Å². The van der Waals surface area contributed by atoms with E-state index in [1.165, 1.54) is 22.3 Å². The van der Waals surface area contributed by atoms with Gasteiger partial charge in [0.2, 0.25) is 0 Å². The van der Waals surface area contributed by atoms with E-state index in [1.54, 1.807) is 7.11 Å². The number of ether oxygens (including phenoxy) is 2. The number of rotatable bonds is 2. The first kappa shape index (κ1) is 12.8. The van der Waals surface area contributed by atoms with Crippen LogP contribution in [-0.4, -0.2) is 7.11 Å². The third kappa shape index (κ3) is 2.18. The minimum Gasteiger partial charge on any atom is -0.497 e. The lowest BCUT2D eigenvalue weighted by atomic mass is 9.93. The third-order valence-corrected chi connectivity index (χ3v) is 3.78. The van der Waals surface area contributed by atoms with E-state index in [9.17, 15) is 0 Å². The highest BCUT2D eigenvalue weighted by Gasteiger charge is 2.19. The molecule has 20 heavy (non-hydrogen) atoms. The van der Waals surface area contributed by atoms with Crippen LogP contribution in [0.15, 0.2) is 48.2 Å². The summed E-state index contributed by atoms with van der Waals surface area (Å²) in [7, 11) is 1.68. The van der Waals surface area contributed by atoms with Crippen molar-refractivity contribution in [2.75, 3.05) is 7.11 Å². The van der Waals surface area contributed by atoms with E-state index in [0.29, 0.717) is 0 Å². The monoisotopic (exact) mass is 266 g/mol. The summed E-state index contributed by atoms with van der Waals surface area (Å²) in [5.41, 5.74) is 4.87. The molecule has 0 N–H and O–H groups in total. The van der Waals surface area contributed by atoms with Gasteiger partial charge in [0.25, 0.3) is 0 Å². The second-order valence-electron chi connectivity index (χ2n) is 5.11. The van der Waals surface area contributed by atoms with Crippen molar-refractivity contribution in [3.05, 3.63) is 64.9 Å². The Bertz CT molecular complexity index is 666. The maximum Gasteiger partial charge on any atom is 0.133 e. The predicted octanol–water partition coefficient (Wildman–Crippen LogP) is 4.37. The second kappa shape index (κ2) is 5.04. The predicted molar refractivity (Wildman–Crippen MR) is 81.1 cm³/mol. The highest BCUT2D eigenvalue weighted by atomic mass is 16.5. The first-order valence-corrected chi connectivity index (χ1v) is 6.79. The maximum absolute atomic E-state index is 6.03. The zero-order valence-electron chi connectivity index (χ0n) is 12.1. The van der Waals surface area contributed by atoms with E-state index >= 15 is 0 Å². The average molecular weight is 266 g/mol. The molecule has 1 aliphatic rings. The lowest BCUT2D eigenvalue weighted by Crippen LogP contribution is -2.08. The molecule has 1 aliphatic heterocycles. The van der Waals surface area contributed by atoms with E-state index in [0.717, 1.165) is 23.7 Å². The third-order valence-electron chi connectivity index (χ3n) is 3.78. The molecule has 2 heteroatoms. The quantitative estimate of drug-likeness (QED) is 0.803. The molecule has 0 amide bonds. The van der Waals surface area contributed by atoms with Crippen LogP contribution in [-0.2, 0) is 6.42 Å². The van der Waals surface area contributed by atoms with Gasteiger partial charge in [-0.2, -0.15) is 0 Å². The van der Waals surface area contributed by atoms with Crippen LogP contribution in [0.5, 0.6) is 11.5 Å². The van der Waals surface area contributed by atoms with Crippen molar-refractivity contribution in [1.29, 1.82) is 0 Å². The molecule has 0 atom stereocenters. The molecular weight excluding hydrogens is 248 g/mol. The van der Waals surface area contributed by atoms with Gasteiger partial charge in [0.15, 0.2) is 0 Å². The molecule has 0 fully saturated rings. The number of aryl methyl sites for hydroxylation is 1. The van der Waals surface area contributed by atoms with Crippen molar-refractivity contribution < 1.29 is 9.47 Å². The summed E-state index contributed by atoms with van der Waals surface area (Å²) >= 11 is 0. The van der Waals surface area contributed by atoms with Crippen LogP contribution in [0.3, 0.4) is 0 Å². The zero-order chi connectivity index (χ0) is 14.1. The Hall–Kier alpha value is -2.22. The number of fused-ring (bicyclic) bond motifs is 1. The minimum atomic E-state index is 0.875. The van der Waals surface area contributed by atoms with Gasteiger partial charge in [0.1, 0.15) is 17.3 Å². The van der Waals surface area contributed by atoms with Crippen molar-refractivity contribution in [2.24, 2.45) is 0 Å². The van der Waals surface area contributed by atoms with Gasteiger partial charge in [-0.05, 0) is 42.7 Å². The molecular formula is C18H18O2. The lowest BCUT2D eigenvalue weighted by molar-refractivity contribution is 0.412. The number of hydrogen-bond donors (Lipinski definition) is 0. The molecule has 0 spiro atoms. The fraction of sp³-hybridized carbons (Fsp3) is 0.222. The number of methoxy groups -OCH3 is 1. The van der Waals surface area contributed by atoms with Crippen LogP contribution in [0, 0.1) is 6.92 Å². The topological polar surface area (TPSA) is 18.5 Å². The zero-order valence-corrected chi connectivity index (χ0v) is 12.1. The van der Waals surface area contributed by atoms with Gasteiger partial charge in [0, 0.05) is 12.0 Å². The van der Waals surface area contributed by atoms with Crippen molar-refractivity contribution in [3.63, 3.8) is 0 Å². The van der Waals surface area contributed by atoms with E-state index < -0.39 is 0 Å². The van der Waals surface area contributed by atoms with Gasteiger partial charge in [-0.1, -0.05) is 30.3 Å². The standard InChI is InChI=1S/C18H18O2/c1-12-5-4-6-15-11-17(13(2)20-18(12)15)14-7-9-16(19-3)10-8-14/h4-10H,11H2,1-3H3. The average Bonchev–Trinajstić information content (AvgIpc) is 2.48. The van der Waals surface area contributed by atoms with E-state index in [1.807, 2.05) is 19.1 Å². The summed E-state index contributed by atoms with van der Waals surface area (Å²) in [6.07, 6.45) is 0.912. The molecule has 0 saturated carbocycles. The molecule has 102 valence electrons. The van der Waals surface area contributed by atoms with Gasteiger partial charge in [-0.3, -0.25) is 0 Å². The Kier molecular flexibility index (Phi) is 3.23. The van der Waals surface area contributed by atoms with E-state index in [2.05, 4.69) is 37.3 Å². The molecule has 0 aliphatic carbocycles. The lowest BCUT2D eigenvalue weighted by Gasteiger charge is -2.23. The first-order chi connectivity index (χ1) is 9.69. The molecule has 0 aromatic heterocycles. The Morgan fingerprint density at radius 2 is 1.75 bits per heavy atom. The van der Waals surface area contributed by atoms with Crippen LogP contribution in [0.1, 0.15) is 23.6 Å². The SMILES string of the molecule is COc1ccc(C2=C(C)Oc3c(C)cccc3C2)cc1. The fourth-order valence-electron chi connectivity index (χ4n) is 2.63. The fourth-order valence-corrected chi connectivity index (χ4v) is 2.63. The summed E-state index contributed by atoms with van der Waals surface area (Å²) in [5.74, 6) is 2.87. The second-order valence-corrected chi connectivity index (χ2v) is 5.11. The largest absolute Gasteiger partial charge is 0.497 e. The number of allylic oxidation sites excluding steroid dienone is 2. The number of benzene rings is 2. The Morgan fingerprint density at radius 1 is 1.00 bits per heavy atom. The molecule has 1 heterocycles. The Morgan fingerprint density at radius 3 is 2.45 bits per heavy atom. The van der Waals surface area contributed by atoms with Crippen molar-refractivity contribution in [3.8, 4) is 11.5 Å². The molecule has 0 unspecified atom stereocenters. The normalized spacial score (nSPS) is 13.8. The van der Waals surface area contributed by atoms with Gasteiger partial charge >= 0.3 is 0 Å². The van der Waals surface area contributed by atoms with E-state index in [-0.39, 0.29) is 0 Å². The van der Waals surface area contributed by atoms with Crippen LogP contribution < -0.4 is 9.47 Å². The maximum atomic E-state index is 6.03. The van der Waals surface area contributed by atoms with E-state index in [4.69, 9.17) is 9.47 Å². The Balaban J connectivity index is 1.98. The summed E-state index contributed by atoms with van der Waals surface area (Å²) in [6, 6.07) is 14.5. The molecule has 3 rings (SSSR count). The molecule has 0 radical (unpaired) electrons. The van der Waals surface area contributed by atoms with Gasteiger partial charge in [0.05, 0.1) is 7.11 Å². The number of para-hydroxylation sites is 1. The van der Waals surface area contributed by atoms with Gasteiger partial charge < -0.3 is 9.47 Å². The molecule has 0 saturated heterocycles. The summed E-state index contributed by atoms with van der Waals surface area (Å²) in [4.78, 5) is 0. The van der Waals surface area contributed by atoms with Crippen LogP contribution in [0.25, 0.3) is 5.57 Å². The summed E-state index contributed by atoms with van der Waals surface area (Å²) in [6.45, 7) is 4.12. The smallest absolute Gasteiger partial charge is 0.133 e. The molecule has 2 nitrogen and oxygen atoms in total. The van der Waals surface area contributed by atoms with Crippen molar-refractivity contribution in [1.82, 2.24) is 0 Å². The summed E-state index contributed by atoms with van der Waals surface area (Å²) < 4.78 is 11.2. The molecule has 0 bridgehead atoms. The molecule has 2 aromatic carbocycles. The van der Waals surface area contributed by atoms with Gasteiger partial charge in [-0.15, -0.1) is 0 Å². The van der Waals surface area contributed by atoms with Crippen LogP contribution in [0.2, 0.25) is 0 Å². The summed E-state index contributed by atoms with van der Waals surface area (Å²) in [5, 5.41) is 0. The van der Waals surface area contributed by atoms with Crippen molar-refractivity contribution in [2.45, 2.75) is 20.3 Å². The van der Waals surface area contributed by atoms with Crippen molar-refractivity contribution >= 4 is 5.57 Å². The molecule has 2 aromatic rings. The van der Waals surface area contributed by atoms with Crippen LogP contribution in [0.4, 0.5) is 0 Å². The highest BCUT2D eigenvalue weighted by Crippen LogP contribution is 2.36. The highest BCUT2D eigenvalue weighted by molar-refractivity contribution is 5.73. The van der Waals surface area contributed by atoms with Gasteiger partial charge in [-0.25, -0.2) is 0 Å². The minimum absolute atomic E-state index is 0.875. The first-order valence-electron chi connectivity index (χ1n) is 6.79. The van der Waals surface area contributed by atoms with Crippen LogP contribution >= 0.6 is 0 Å².